The first-order chi connectivity index (χ1) is 6.99. The predicted molar refractivity (Wildman–Crippen MR) is 55.9 cm³/mol. The highest BCUT2D eigenvalue weighted by atomic mass is 16.7. The van der Waals surface area contributed by atoms with Gasteiger partial charge >= 0.3 is 11.9 Å². The van der Waals surface area contributed by atoms with Crippen LogP contribution in [0, 0.1) is 5.92 Å². The monoisotopic (exact) mass is 214 g/mol. The first kappa shape index (κ1) is 13.7. The van der Waals surface area contributed by atoms with Crippen molar-refractivity contribution < 1.29 is 19.1 Å². The predicted octanol–water partition coefficient (Wildman–Crippen LogP) is 2.04. The third-order valence-electron chi connectivity index (χ3n) is 1.73. The Morgan fingerprint density at radius 2 is 1.87 bits per heavy atom. The molecule has 0 amide bonds. The molecule has 0 saturated heterocycles. The molecule has 0 atom stereocenters. The molecule has 15 heavy (non-hydrogen) atoms. The van der Waals surface area contributed by atoms with Crippen molar-refractivity contribution in [2.24, 2.45) is 5.92 Å². The molecule has 0 aromatic heterocycles. The molecule has 0 radical (unpaired) electrons. The summed E-state index contributed by atoms with van der Waals surface area (Å²) in [5.74, 6) is -0.781. The van der Waals surface area contributed by atoms with Crippen LogP contribution in [0.4, 0.5) is 0 Å². The van der Waals surface area contributed by atoms with Gasteiger partial charge in [0.2, 0.25) is 6.79 Å². The van der Waals surface area contributed by atoms with E-state index >= 15 is 0 Å². The van der Waals surface area contributed by atoms with Crippen LogP contribution in [-0.4, -0.2) is 18.7 Å². The van der Waals surface area contributed by atoms with Crippen molar-refractivity contribution in [3.63, 3.8) is 0 Å². The molecular formula is C11H18O4. The van der Waals surface area contributed by atoms with E-state index in [0.717, 1.165) is 6.42 Å². The third-order valence-corrected chi connectivity index (χ3v) is 1.73. The average molecular weight is 214 g/mol. The minimum absolute atomic E-state index is 0.106. The number of rotatable bonds is 5. The smallest absolute Gasteiger partial charge is 0.336 e. The molecule has 0 rings (SSSR count). The molecule has 0 aliphatic rings. The van der Waals surface area contributed by atoms with Crippen LogP contribution in [0.1, 0.15) is 34.1 Å². The number of hydrogen-bond acceptors (Lipinski definition) is 4. The van der Waals surface area contributed by atoms with Crippen molar-refractivity contribution in [2.75, 3.05) is 6.79 Å². The summed E-state index contributed by atoms with van der Waals surface area (Å²) < 4.78 is 9.29. The quantitative estimate of drug-likeness (QED) is 0.399. The Hall–Kier alpha value is -1.32. The highest BCUT2D eigenvalue weighted by molar-refractivity contribution is 5.88. The van der Waals surface area contributed by atoms with Crippen molar-refractivity contribution in [1.29, 1.82) is 0 Å². The molecule has 0 fully saturated rings. The first-order valence-corrected chi connectivity index (χ1v) is 4.99. The maximum Gasteiger partial charge on any atom is 0.336 e. The van der Waals surface area contributed by atoms with E-state index in [1.807, 2.05) is 26.8 Å². The standard InChI is InChI=1S/C11H18O4/c1-5-6-10(8(2)3)11(13)15-7-14-9(4)12/h6,8H,5,7H2,1-4H3. The molecule has 0 saturated carbocycles. The number of esters is 2. The van der Waals surface area contributed by atoms with Gasteiger partial charge < -0.3 is 9.47 Å². The van der Waals surface area contributed by atoms with Crippen LogP contribution < -0.4 is 0 Å². The van der Waals surface area contributed by atoms with Crippen LogP contribution in [0.5, 0.6) is 0 Å². The number of ether oxygens (including phenoxy) is 2. The Kier molecular flexibility index (Phi) is 6.42. The van der Waals surface area contributed by atoms with Gasteiger partial charge in [-0.1, -0.05) is 26.8 Å². The lowest BCUT2D eigenvalue weighted by Crippen LogP contribution is -2.15. The molecule has 0 aromatic rings. The normalized spacial score (nSPS) is 11.4. The van der Waals surface area contributed by atoms with Gasteiger partial charge in [0.25, 0.3) is 0 Å². The van der Waals surface area contributed by atoms with E-state index in [4.69, 9.17) is 4.74 Å². The average Bonchev–Trinajstić information content (AvgIpc) is 2.12. The Morgan fingerprint density at radius 3 is 2.27 bits per heavy atom. The molecule has 0 unspecified atom stereocenters. The summed E-state index contributed by atoms with van der Waals surface area (Å²) in [6.07, 6.45) is 2.59. The Morgan fingerprint density at radius 1 is 1.27 bits per heavy atom. The molecule has 0 heterocycles. The van der Waals surface area contributed by atoms with Crippen molar-refractivity contribution in [1.82, 2.24) is 0 Å². The lowest BCUT2D eigenvalue weighted by molar-refractivity contribution is -0.163. The summed E-state index contributed by atoms with van der Waals surface area (Å²) in [6, 6.07) is 0. The van der Waals surface area contributed by atoms with E-state index < -0.39 is 11.9 Å². The van der Waals surface area contributed by atoms with Gasteiger partial charge in [-0.3, -0.25) is 4.79 Å². The topological polar surface area (TPSA) is 52.6 Å². The fraction of sp³-hybridized carbons (Fsp3) is 0.636. The van der Waals surface area contributed by atoms with Crippen molar-refractivity contribution in [3.05, 3.63) is 11.6 Å². The summed E-state index contributed by atoms with van der Waals surface area (Å²) in [6.45, 7) is 6.71. The largest absolute Gasteiger partial charge is 0.428 e. The van der Waals surface area contributed by atoms with Crippen LogP contribution in [-0.2, 0) is 19.1 Å². The number of carbonyl (C=O) groups is 2. The molecule has 4 nitrogen and oxygen atoms in total. The van der Waals surface area contributed by atoms with E-state index in [2.05, 4.69) is 4.74 Å². The highest BCUT2D eigenvalue weighted by Crippen LogP contribution is 2.12. The molecular weight excluding hydrogens is 196 g/mol. The van der Waals surface area contributed by atoms with Gasteiger partial charge in [-0.05, 0) is 12.3 Å². The van der Waals surface area contributed by atoms with Gasteiger partial charge in [-0.15, -0.1) is 0 Å². The molecule has 0 N–H and O–H groups in total. The van der Waals surface area contributed by atoms with Crippen LogP contribution in [0.2, 0.25) is 0 Å². The van der Waals surface area contributed by atoms with Gasteiger partial charge in [0.15, 0.2) is 0 Å². The van der Waals surface area contributed by atoms with E-state index in [9.17, 15) is 9.59 Å². The fourth-order valence-electron chi connectivity index (χ4n) is 1.02. The molecule has 0 aliphatic heterocycles. The van der Waals surface area contributed by atoms with Crippen molar-refractivity contribution in [2.45, 2.75) is 34.1 Å². The fourth-order valence-corrected chi connectivity index (χ4v) is 1.02. The minimum Gasteiger partial charge on any atom is -0.428 e. The molecule has 0 aliphatic carbocycles. The van der Waals surface area contributed by atoms with Crippen LogP contribution >= 0.6 is 0 Å². The van der Waals surface area contributed by atoms with E-state index in [1.54, 1.807) is 0 Å². The maximum atomic E-state index is 11.5. The summed E-state index contributed by atoms with van der Waals surface area (Å²) in [5, 5.41) is 0. The number of carbonyl (C=O) groups excluding carboxylic acids is 2. The second-order valence-corrected chi connectivity index (χ2v) is 3.41. The zero-order valence-corrected chi connectivity index (χ0v) is 9.70. The lowest BCUT2D eigenvalue weighted by atomic mass is 10.0. The van der Waals surface area contributed by atoms with Gasteiger partial charge in [-0.25, -0.2) is 4.79 Å². The maximum absolute atomic E-state index is 11.5. The molecule has 0 aromatic carbocycles. The second kappa shape index (κ2) is 7.04. The molecule has 4 heteroatoms. The zero-order valence-electron chi connectivity index (χ0n) is 9.70. The van der Waals surface area contributed by atoms with Crippen molar-refractivity contribution in [3.8, 4) is 0 Å². The van der Waals surface area contributed by atoms with E-state index in [0.29, 0.717) is 5.57 Å². The lowest BCUT2D eigenvalue weighted by Gasteiger charge is -2.10. The second-order valence-electron chi connectivity index (χ2n) is 3.41. The van der Waals surface area contributed by atoms with Crippen LogP contribution in [0.15, 0.2) is 11.6 Å². The summed E-state index contributed by atoms with van der Waals surface area (Å²) >= 11 is 0. The van der Waals surface area contributed by atoms with Gasteiger partial charge in [0.05, 0.1) is 0 Å². The Balaban J connectivity index is 4.16. The van der Waals surface area contributed by atoms with Gasteiger partial charge in [-0.2, -0.15) is 0 Å². The first-order valence-electron chi connectivity index (χ1n) is 4.99. The Labute approximate surface area is 90.2 Å². The zero-order chi connectivity index (χ0) is 11.8. The molecule has 0 bridgehead atoms. The van der Waals surface area contributed by atoms with Crippen molar-refractivity contribution >= 4 is 11.9 Å². The highest BCUT2D eigenvalue weighted by Gasteiger charge is 2.14. The molecule has 0 spiro atoms. The SMILES string of the molecule is CCC=C(C(=O)OCOC(C)=O)C(C)C. The summed E-state index contributed by atoms with van der Waals surface area (Å²) in [4.78, 5) is 21.9. The van der Waals surface area contributed by atoms with Crippen LogP contribution in [0.25, 0.3) is 0 Å². The van der Waals surface area contributed by atoms with Gasteiger partial charge in [0.1, 0.15) is 0 Å². The summed E-state index contributed by atoms with van der Waals surface area (Å²) in [7, 11) is 0. The summed E-state index contributed by atoms with van der Waals surface area (Å²) in [5.41, 5.74) is 0.615. The van der Waals surface area contributed by atoms with E-state index in [-0.39, 0.29) is 12.7 Å². The third kappa shape index (κ3) is 5.88. The van der Waals surface area contributed by atoms with E-state index in [1.165, 1.54) is 6.92 Å². The molecule has 86 valence electrons. The van der Waals surface area contributed by atoms with Gasteiger partial charge in [0, 0.05) is 12.5 Å². The number of allylic oxidation sites excluding steroid dienone is 1. The number of hydrogen-bond donors (Lipinski definition) is 0. The minimum atomic E-state index is -0.464. The van der Waals surface area contributed by atoms with Crippen LogP contribution in [0.3, 0.4) is 0 Å². The Bertz CT molecular complexity index is 253.